The summed E-state index contributed by atoms with van der Waals surface area (Å²) in [6, 6.07) is 21.0. The highest BCUT2D eigenvalue weighted by Crippen LogP contribution is 2.37. The minimum Gasteiger partial charge on any atom is -0.395 e. The first-order chi connectivity index (χ1) is 11.3. The summed E-state index contributed by atoms with van der Waals surface area (Å²) < 4.78 is 0. The van der Waals surface area contributed by atoms with Gasteiger partial charge in [0.1, 0.15) is 0 Å². The van der Waals surface area contributed by atoms with Crippen LogP contribution < -0.4 is 0 Å². The minimum absolute atomic E-state index is 0.163. The van der Waals surface area contributed by atoms with E-state index in [1.807, 2.05) is 12.1 Å². The molecule has 0 fully saturated rings. The second-order valence-corrected chi connectivity index (χ2v) is 6.49. The first-order valence-electron chi connectivity index (χ1n) is 9.05. The molecule has 124 valence electrons. The van der Waals surface area contributed by atoms with Gasteiger partial charge in [0.2, 0.25) is 0 Å². The molecule has 2 rings (SSSR count). The van der Waals surface area contributed by atoms with Gasteiger partial charge in [0.25, 0.3) is 0 Å². The van der Waals surface area contributed by atoms with Crippen molar-refractivity contribution in [3.05, 3.63) is 71.8 Å². The third-order valence-electron chi connectivity index (χ3n) is 4.88. The Bertz CT molecular complexity index is 493. The van der Waals surface area contributed by atoms with Gasteiger partial charge in [-0.2, -0.15) is 0 Å². The van der Waals surface area contributed by atoms with Crippen molar-refractivity contribution in [3.63, 3.8) is 0 Å². The van der Waals surface area contributed by atoms with Crippen LogP contribution in [0, 0.1) is 0 Å². The smallest absolute Gasteiger partial charge is 0.0568 e. The molecular weight excluding hydrogens is 280 g/mol. The van der Waals surface area contributed by atoms with Crippen LogP contribution in [0.2, 0.25) is 0 Å². The van der Waals surface area contributed by atoms with Gasteiger partial charge in [-0.25, -0.2) is 0 Å². The van der Waals surface area contributed by atoms with E-state index < -0.39 is 0 Å². The molecule has 0 amide bonds. The van der Waals surface area contributed by atoms with Crippen LogP contribution in [0.4, 0.5) is 0 Å². The molecule has 0 bridgehead atoms. The average molecular weight is 310 g/mol. The molecule has 23 heavy (non-hydrogen) atoms. The van der Waals surface area contributed by atoms with Crippen molar-refractivity contribution in [2.75, 3.05) is 6.61 Å². The van der Waals surface area contributed by atoms with E-state index in [1.165, 1.54) is 43.2 Å². The number of aliphatic hydroxyl groups excluding tert-OH is 1. The van der Waals surface area contributed by atoms with E-state index in [2.05, 4.69) is 55.5 Å². The van der Waals surface area contributed by atoms with Gasteiger partial charge in [-0.05, 0) is 17.5 Å². The van der Waals surface area contributed by atoms with E-state index in [0.717, 1.165) is 12.8 Å². The van der Waals surface area contributed by atoms with E-state index in [4.69, 9.17) is 0 Å². The van der Waals surface area contributed by atoms with Crippen LogP contribution in [0.1, 0.15) is 63.0 Å². The number of rotatable bonds is 10. The summed E-state index contributed by atoms with van der Waals surface area (Å²) in [4.78, 5) is 0. The second-order valence-electron chi connectivity index (χ2n) is 6.49. The molecule has 2 aromatic carbocycles. The van der Waals surface area contributed by atoms with Crippen molar-refractivity contribution >= 4 is 0 Å². The summed E-state index contributed by atoms with van der Waals surface area (Å²) >= 11 is 0. The summed E-state index contributed by atoms with van der Waals surface area (Å²) in [5.74, 6) is 0. The van der Waals surface area contributed by atoms with E-state index in [-0.39, 0.29) is 12.0 Å². The van der Waals surface area contributed by atoms with Crippen molar-refractivity contribution in [1.29, 1.82) is 0 Å². The highest BCUT2D eigenvalue weighted by atomic mass is 16.3. The van der Waals surface area contributed by atoms with Crippen molar-refractivity contribution in [2.45, 2.75) is 57.3 Å². The van der Waals surface area contributed by atoms with Crippen LogP contribution in [0.15, 0.2) is 60.7 Å². The van der Waals surface area contributed by atoms with Gasteiger partial charge in [0.05, 0.1) is 6.61 Å². The molecule has 0 aliphatic carbocycles. The Kier molecular flexibility index (Phi) is 7.35. The summed E-state index contributed by atoms with van der Waals surface area (Å²) in [5, 5.41) is 10.3. The van der Waals surface area contributed by atoms with E-state index in [9.17, 15) is 5.11 Å². The standard InChI is InChI=1S/C22H30O/c1-2-3-4-5-6-13-18-22(19-23,20-14-9-7-10-15-20)21-16-11-8-12-17-21/h7-12,14-17,23H,2-6,13,18-19H2,1H3. The zero-order valence-electron chi connectivity index (χ0n) is 14.4. The lowest BCUT2D eigenvalue weighted by atomic mass is 9.71. The molecule has 0 saturated carbocycles. The Balaban J connectivity index is 2.15. The maximum atomic E-state index is 10.3. The molecule has 0 aliphatic rings. The number of benzene rings is 2. The van der Waals surface area contributed by atoms with Crippen molar-refractivity contribution in [3.8, 4) is 0 Å². The first-order valence-corrected chi connectivity index (χ1v) is 9.05. The molecular formula is C22H30O. The Hall–Kier alpha value is -1.60. The molecule has 0 spiro atoms. The highest BCUT2D eigenvalue weighted by Gasteiger charge is 2.32. The topological polar surface area (TPSA) is 20.2 Å². The SMILES string of the molecule is CCCCCCCCC(CO)(c1ccccc1)c1ccccc1. The normalized spacial score (nSPS) is 11.6. The maximum Gasteiger partial charge on any atom is 0.0568 e. The molecule has 1 N–H and O–H groups in total. The van der Waals surface area contributed by atoms with Gasteiger partial charge in [-0.1, -0.05) is 106 Å². The van der Waals surface area contributed by atoms with Gasteiger partial charge >= 0.3 is 0 Å². The molecule has 0 heterocycles. The first kappa shape index (κ1) is 17.7. The summed E-state index contributed by atoms with van der Waals surface area (Å²) in [6.45, 7) is 2.41. The average Bonchev–Trinajstić information content (AvgIpc) is 2.63. The van der Waals surface area contributed by atoms with Gasteiger partial charge in [-0.3, -0.25) is 0 Å². The van der Waals surface area contributed by atoms with Crippen LogP contribution in [-0.2, 0) is 5.41 Å². The van der Waals surface area contributed by atoms with Gasteiger partial charge in [-0.15, -0.1) is 0 Å². The molecule has 0 atom stereocenters. The van der Waals surface area contributed by atoms with Crippen molar-refractivity contribution < 1.29 is 5.11 Å². The number of unbranched alkanes of at least 4 members (excludes halogenated alkanes) is 5. The fourth-order valence-electron chi connectivity index (χ4n) is 3.44. The molecule has 0 radical (unpaired) electrons. The van der Waals surface area contributed by atoms with E-state index in [1.54, 1.807) is 0 Å². The quantitative estimate of drug-likeness (QED) is 0.557. The van der Waals surface area contributed by atoms with Gasteiger partial charge < -0.3 is 5.11 Å². The van der Waals surface area contributed by atoms with Crippen LogP contribution in [0.3, 0.4) is 0 Å². The van der Waals surface area contributed by atoms with Crippen LogP contribution in [-0.4, -0.2) is 11.7 Å². The Labute approximate surface area is 141 Å². The maximum absolute atomic E-state index is 10.3. The minimum atomic E-state index is -0.271. The van der Waals surface area contributed by atoms with Crippen molar-refractivity contribution in [2.24, 2.45) is 0 Å². The lowest BCUT2D eigenvalue weighted by Crippen LogP contribution is -2.32. The highest BCUT2D eigenvalue weighted by molar-refractivity contribution is 5.39. The van der Waals surface area contributed by atoms with Crippen LogP contribution >= 0.6 is 0 Å². The number of hydrogen-bond acceptors (Lipinski definition) is 1. The summed E-state index contributed by atoms with van der Waals surface area (Å²) in [6.07, 6.45) is 8.68. The predicted octanol–water partition coefficient (Wildman–Crippen LogP) is 5.72. The largest absolute Gasteiger partial charge is 0.395 e. The molecule has 1 heteroatoms. The lowest BCUT2D eigenvalue weighted by Gasteiger charge is -2.33. The zero-order valence-corrected chi connectivity index (χ0v) is 14.4. The lowest BCUT2D eigenvalue weighted by molar-refractivity contribution is 0.208. The Morgan fingerprint density at radius 2 is 1.17 bits per heavy atom. The van der Waals surface area contributed by atoms with E-state index >= 15 is 0 Å². The number of aliphatic hydroxyl groups is 1. The zero-order chi connectivity index (χ0) is 16.4. The van der Waals surface area contributed by atoms with Gasteiger partial charge in [0, 0.05) is 5.41 Å². The summed E-state index contributed by atoms with van der Waals surface area (Å²) in [5.41, 5.74) is 2.18. The number of hydrogen-bond donors (Lipinski definition) is 1. The Morgan fingerprint density at radius 1 is 0.696 bits per heavy atom. The second kappa shape index (κ2) is 9.52. The fraction of sp³-hybridized carbons (Fsp3) is 0.455. The summed E-state index contributed by atoms with van der Waals surface area (Å²) in [7, 11) is 0. The molecule has 0 saturated heterocycles. The fourth-order valence-corrected chi connectivity index (χ4v) is 3.44. The molecule has 0 aliphatic heterocycles. The van der Waals surface area contributed by atoms with E-state index in [0.29, 0.717) is 0 Å². The predicted molar refractivity (Wildman–Crippen MR) is 98.7 cm³/mol. The molecule has 0 unspecified atom stereocenters. The van der Waals surface area contributed by atoms with Crippen LogP contribution in [0.25, 0.3) is 0 Å². The Morgan fingerprint density at radius 3 is 1.65 bits per heavy atom. The third kappa shape index (κ3) is 4.68. The van der Waals surface area contributed by atoms with Crippen LogP contribution in [0.5, 0.6) is 0 Å². The molecule has 0 aromatic heterocycles. The monoisotopic (exact) mass is 310 g/mol. The van der Waals surface area contributed by atoms with Gasteiger partial charge in [0.15, 0.2) is 0 Å². The molecule has 2 aromatic rings. The molecule has 1 nitrogen and oxygen atoms in total. The van der Waals surface area contributed by atoms with Crippen molar-refractivity contribution in [1.82, 2.24) is 0 Å². The third-order valence-corrected chi connectivity index (χ3v) is 4.88.